The molecule has 0 spiro atoms. The van der Waals surface area contributed by atoms with Gasteiger partial charge < -0.3 is 11.7 Å². The molecule has 64 valence electrons. The molecular weight excluding hydrogens is 261 g/mol. The van der Waals surface area contributed by atoms with Crippen molar-refractivity contribution in [3.05, 3.63) is 6.92 Å². The summed E-state index contributed by atoms with van der Waals surface area (Å²) in [5.41, 5.74) is 0. The third-order valence-electron chi connectivity index (χ3n) is 0.950. The van der Waals surface area contributed by atoms with Crippen LogP contribution in [0.3, 0.4) is 0 Å². The quantitative estimate of drug-likeness (QED) is 0.340. The summed E-state index contributed by atoms with van der Waals surface area (Å²) in [5.74, 6) is -0.195. The first-order valence-corrected chi connectivity index (χ1v) is 3.20. The maximum Gasteiger partial charge on any atom is 0.302 e. The number of halogens is 1. The van der Waals surface area contributed by atoms with Gasteiger partial charge in [0.15, 0.2) is 0 Å². The van der Waals surface area contributed by atoms with E-state index in [2.05, 4.69) is 11.7 Å². The van der Waals surface area contributed by atoms with E-state index >= 15 is 0 Å². The second-order valence-corrected chi connectivity index (χ2v) is 1.90. The van der Waals surface area contributed by atoms with E-state index < -0.39 is 0 Å². The van der Waals surface area contributed by atoms with E-state index in [4.69, 9.17) is 0 Å². The summed E-state index contributed by atoms with van der Waals surface area (Å²) in [4.78, 5) is 10.2. The fraction of sp³-hybridized carbons (Fsp3) is 0.714. The summed E-state index contributed by atoms with van der Waals surface area (Å²) in [6, 6.07) is 0. The van der Waals surface area contributed by atoms with Gasteiger partial charge in [-0.3, -0.25) is 4.79 Å². The van der Waals surface area contributed by atoms with Crippen molar-refractivity contribution in [1.29, 1.82) is 0 Å². The van der Waals surface area contributed by atoms with E-state index in [9.17, 15) is 4.79 Å². The van der Waals surface area contributed by atoms with Crippen LogP contribution in [0.15, 0.2) is 0 Å². The Kier molecular flexibility index (Phi) is 21.1. The minimum absolute atomic E-state index is 0. The Hall–Kier alpha value is 0.573. The maximum atomic E-state index is 10.2. The minimum Gasteiger partial charge on any atom is -0.466 e. The number of esters is 1. The molecule has 0 bridgehead atoms. The Bertz CT molecular complexity index is 88.5. The van der Waals surface area contributed by atoms with Gasteiger partial charge in [-0.1, -0.05) is 6.42 Å². The van der Waals surface area contributed by atoms with Crippen molar-refractivity contribution >= 4 is 23.0 Å². The van der Waals surface area contributed by atoms with Crippen LogP contribution < -0.4 is 0 Å². The topological polar surface area (TPSA) is 26.3 Å². The zero-order valence-electron chi connectivity index (χ0n) is 6.97. The fourth-order valence-corrected chi connectivity index (χ4v) is 0.495. The van der Waals surface area contributed by atoms with Crippen molar-refractivity contribution in [3.8, 4) is 0 Å². The summed E-state index contributed by atoms with van der Waals surface area (Å²) in [7, 11) is 0. The number of hydrogen-bond acceptors (Lipinski definition) is 2. The van der Waals surface area contributed by atoms with Crippen LogP contribution in [-0.2, 0) is 29.0 Å². The molecule has 0 unspecified atom stereocenters. The number of carbonyl (C=O) groups excluding carboxylic acids is 1. The van der Waals surface area contributed by atoms with Crippen molar-refractivity contribution in [1.82, 2.24) is 0 Å². The monoisotopic (exact) mass is 273 g/mol. The molecule has 0 amide bonds. The standard InChI is InChI=1S/C7H13O2.BrH.Zn/c1-3-4-5-6-9-7(2)8;;/h1,3-6H2,2H3;1H;/q-1;;. The normalized spacial score (nSPS) is 7.45. The van der Waals surface area contributed by atoms with Crippen molar-refractivity contribution in [2.24, 2.45) is 0 Å². The first-order chi connectivity index (χ1) is 4.27. The zero-order chi connectivity index (χ0) is 7.11. The van der Waals surface area contributed by atoms with E-state index in [1.54, 1.807) is 0 Å². The largest absolute Gasteiger partial charge is 0.466 e. The SMILES string of the molecule is Br.[CH2-]CCCCOC(C)=O.[Zn]. The smallest absolute Gasteiger partial charge is 0.302 e. The summed E-state index contributed by atoms with van der Waals surface area (Å²) in [6.07, 6.45) is 2.89. The molecule has 0 N–H and O–H groups in total. The van der Waals surface area contributed by atoms with Gasteiger partial charge in [-0.25, -0.2) is 0 Å². The maximum absolute atomic E-state index is 10.2. The molecular formula is C7H14BrO2Zn-. The summed E-state index contributed by atoms with van der Waals surface area (Å²) >= 11 is 0. The molecule has 0 aliphatic carbocycles. The minimum atomic E-state index is -0.195. The average molecular weight is 275 g/mol. The third-order valence-corrected chi connectivity index (χ3v) is 0.950. The number of unbranched alkanes of at least 4 members (excludes halogenated alkanes) is 2. The summed E-state index contributed by atoms with van der Waals surface area (Å²) in [6.45, 7) is 5.63. The summed E-state index contributed by atoms with van der Waals surface area (Å²) in [5, 5.41) is 0. The van der Waals surface area contributed by atoms with Crippen LogP contribution in [0.4, 0.5) is 0 Å². The molecule has 0 atom stereocenters. The van der Waals surface area contributed by atoms with E-state index in [1.807, 2.05) is 0 Å². The average Bonchev–Trinajstić information content (AvgIpc) is 1.80. The second kappa shape index (κ2) is 13.2. The van der Waals surface area contributed by atoms with Gasteiger partial charge in [-0.15, -0.1) is 17.0 Å². The molecule has 0 aromatic rings. The molecule has 0 fully saturated rings. The predicted molar refractivity (Wildman–Crippen MR) is 46.2 cm³/mol. The van der Waals surface area contributed by atoms with Crippen molar-refractivity contribution in [2.75, 3.05) is 6.61 Å². The second-order valence-electron chi connectivity index (χ2n) is 1.90. The summed E-state index contributed by atoms with van der Waals surface area (Å²) < 4.78 is 4.68. The van der Waals surface area contributed by atoms with Crippen molar-refractivity contribution < 1.29 is 29.0 Å². The molecule has 2 nitrogen and oxygen atoms in total. The molecule has 11 heavy (non-hydrogen) atoms. The van der Waals surface area contributed by atoms with Crippen LogP contribution >= 0.6 is 17.0 Å². The predicted octanol–water partition coefficient (Wildman–Crippen LogP) is 2.13. The van der Waals surface area contributed by atoms with E-state index in [0.29, 0.717) is 6.61 Å². The first kappa shape index (κ1) is 17.6. The number of carbonyl (C=O) groups is 1. The van der Waals surface area contributed by atoms with Gasteiger partial charge in [0.25, 0.3) is 0 Å². The van der Waals surface area contributed by atoms with E-state index in [0.717, 1.165) is 19.3 Å². The Morgan fingerprint density at radius 3 is 2.36 bits per heavy atom. The Balaban J connectivity index is -0.000000320. The first-order valence-electron chi connectivity index (χ1n) is 3.20. The Morgan fingerprint density at radius 2 is 2.00 bits per heavy atom. The molecule has 0 saturated carbocycles. The number of hydrogen-bond donors (Lipinski definition) is 0. The molecule has 0 heterocycles. The van der Waals surface area contributed by atoms with Crippen molar-refractivity contribution in [2.45, 2.75) is 26.2 Å². The Labute approximate surface area is 91.6 Å². The fourth-order valence-electron chi connectivity index (χ4n) is 0.495. The molecule has 4 heteroatoms. The molecule has 0 aliphatic heterocycles. The molecule has 0 saturated heterocycles. The van der Waals surface area contributed by atoms with Gasteiger partial charge in [0, 0.05) is 26.4 Å². The zero-order valence-corrected chi connectivity index (χ0v) is 11.6. The van der Waals surface area contributed by atoms with E-state index in [-0.39, 0.29) is 42.4 Å². The molecule has 0 aromatic heterocycles. The molecule has 0 rings (SSSR count). The van der Waals surface area contributed by atoms with Gasteiger partial charge in [0.05, 0.1) is 6.61 Å². The Morgan fingerprint density at radius 1 is 1.45 bits per heavy atom. The van der Waals surface area contributed by atoms with Crippen LogP contribution in [0.5, 0.6) is 0 Å². The van der Waals surface area contributed by atoms with Crippen LogP contribution in [0, 0.1) is 6.92 Å². The van der Waals surface area contributed by atoms with Crippen molar-refractivity contribution in [3.63, 3.8) is 0 Å². The number of rotatable bonds is 4. The third kappa shape index (κ3) is 18.0. The molecule has 0 aromatic carbocycles. The number of ether oxygens (including phenoxy) is 1. The van der Waals surface area contributed by atoms with Crippen LogP contribution in [-0.4, -0.2) is 12.6 Å². The van der Waals surface area contributed by atoms with E-state index in [1.165, 1.54) is 6.92 Å². The van der Waals surface area contributed by atoms with Crippen LogP contribution in [0.25, 0.3) is 0 Å². The van der Waals surface area contributed by atoms with Gasteiger partial charge in [-0.05, 0) is 6.42 Å². The van der Waals surface area contributed by atoms with Crippen LogP contribution in [0.1, 0.15) is 26.2 Å². The van der Waals surface area contributed by atoms with Gasteiger partial charge >= 0.3 is 5.97 Å². The van der Waals surface area contributed by atoms with Gasteiger partial charge in [0.2, 0.25) is 0 Å². The van der Waals surface area contributed by atoms with Crippen LogP contribution in [0.2, 0.25) is 0 Å². The van der Waals surface area contributed by atoms with Gasteiger partial charge in [-0.2, -0.15) is 6.42 Å². The molecule has 0 aliphatic rings. The molecule has 0 radical (unpaired) electrons. The van der Waals surface area contributed by atoms with Gasteiger partial charge in [0.1, 0.15) is 0 Å².